The standard InChI is InChI=1S/C10H19N3O2/c1-3-7(4-2)12-9(14)10(5-6-10)8(11)13-15/h7,15H,3-6H2,1-2H3,(H2,11,13)(H,12,14). The topological polar surface area (TPSA) is 87.7 Å². The zero-order valence-corrected chi connectivity index (χ0v) is 9.29. The molecule has 0 unspecified atom stereocenters. The lowest BCUT2D eigenvalue weighted by molar-refractivity contribution is -0.124. The van der Waals surface area contributed by atoms with Crippen LogP contribution in [-0.4, -0.2) is 23.0 Å². The Kier molecular flexibility index (Phi) is 3.55. The predicted molar refractivity (Wildman–Crippen MR) is 57.6 cm³/mol. The van der Waals surface area contributed by atoms with Gasteiger partial charge < -0.3 is 16.3 Å². The van der Waals surface area contributed by atoms with E-state index in [1.807, 2.05) is 13.8 Å². The fourth-order valence-corrected chi connectivity index (χ4v) is 1.64. The summed E-state index contributed by atoms with van der Waals surface area (Å²) in [5.41, 5.74) is 4.79. The second-order valence-electron chi connectivity index (χ2n) is 4.05. The van der Waals surface area contributed by atoms with Crippen LogP contribution in [-0.2, 0) is 4.79 Å². The Morgan fingerprint density at radius 3 is 2.40 bits per heavy atom. The molecule has 0 bridgehead atoms. The van der Waals surface area contributed by atoms with Gasteiger partial charge in [0.2, 0.25) is 5.91 Å². The molecule has 1 amide bonds. The van der Waals surface area contributed by atoms with Gasteiger partial charge in [0.1, 0.15) is 5.41 Å². The number of amidine groups is 1. The molecule has 1 aliphatic rings. The van der Waals surface area contributed by atoms with E-state index in [0.717, 1.165) is 12.8 Å². The van der Waals surface area contributed by atoms with Crippen LogP contribution in [0.5, 0.6) is 0 Å². The van der Waals surface area contributed by atoms with E-state index in [-0.39, 0.29) is 17.8 Å². The van der Waals surface area contributed by atoms with Gasteiger partial charge in [-0.1, -0.05) is 19.0 Å². The van der Waals surface area contributed by atoms with Gasteiger partial charge in [-0.2, -0.15) is 0 Å². The van der Waals surface area contributed by atoms with Gasteiger partial charge in [-0.05, 0) is 25.7 Å². The molecule has 1 rings (SSSR count). The second kappa shape index (κ2) is 4.51. The fraction of sp³-hybridized carbons (Fsp3) is 0.800. The molecule has 86 valence electrons. The maximum atomic E-state index is 11.9. The van der Waals surface area contributed by atoms with Crippen molar-refractivity contribution in [1.82, 2.24) is 5.32 Å². The lowest BCUT2D eigenvalue weighted by Crippen LogP contribution is -2.44. The number of nitrogens with zero attached hydrogens (tertiary/aromatic N) is 1. The third-order valence-corrected chi connectivity index (χ3v) is 3.10. The minimum absolute atomic E-state index is 0.0333. The number of oxime groups is 1. The summed E-state index contributed by atoms with van der Waals surface area (Å²) in [7, 11) is 0. The van der Waals surface area contributed by atoms with Gasteiger partial charge in [-0.25, -0.2) is 0 Å². The first kappa shape index (κ1) is 11.8. The molecule has 5 heteroatoms. The minimum Gasteiger partial charge on any atom is -0.409 e. The monoisotopic (exact) mass is 213 g/mol. The van der Waals surface area contributed by atoms with Gasteiger partial charge in [0.05, 0.1) is 0 Å². The molecule has 0 aromatic rings. The predicted octanol–water partition coefficient (Wildman–Crippen LogP) is 0.818. The summed E-state index contributed by atoms with van der Waals surface area (Å²) >= 11 is 0. The molecular weight excluding hydrogens is 194 g/mol. The van der Waals surface area contributed by atoms with Gasteiger partial charge in [0.25, 0.3) is 0 Å². The summed E-state index contributed by atoms with van der Waals surface area (Å²) in [6, 6.07) is 0.182. The molecule has 0 heterocycles. The maximum Gasteiger partial charge on any atom is 0.234 e. The summed E-state index contributed by atoms with van der Waals surface area (Å²) < 4.78 is 0. The fourth-order valence-electron chi connectivity index (χ4n) is 1.64. The normalized spacial score (nSPS) is 19.0. The molecule has 1 aliphatic carbocycles. The molecule has 1 saturated carbocycles. The Morgan fingerprint density at radius 2 is 2.07 bits per heavy atom. The van der Waals surface area contributed by atoms with Gasteiger partial charge >= 0.3 is 0 Å². The number of nitrogens with one attached hydrogen (secondary N) is 1. The molecule has 0 aromatic carbocycles. The molecule has 0 spiro atoms. The SMILES string of the molecule is CCC(CC)NC(=O)C1(C(N)=NO)CC1. The van der Waals surface area contributed by atoms with E-state index >= 15 is 0 Å². The molecule has 0 radical (unpaired) electrons. The first-order valence-corrected chi connectivity index (χ1v) is 5.39. The van der Waals surface area contributed by atoms with E-state index in [0.29, 0.717) is 12.8 Å². The molecule has 4 N–H and O–H groups in total. The first-order valence-electron chi connectivity index (χ1n) is 5.39. The summed E-state index contributed by atoms with van der Waals surface area (Å²) in [4.78, 5) is 11.9. The van der Waals surface area contributed by atoms with Crippen LogP contribution >= 0.6 is 0 Å². The van der Waals surface area contributed by atoms with Crippen molar-refractivity contribution < 1.29 is 10.0 Å². The number of carbonyl (C=O) groups excluding carboxylic acids is 1. The number of rotatable bonds is 5. The Balaban J connectivity index is 2.61. The van der Waals surface area contributed by atoms with Crippen LogP contribution in [0.4, 0.5) is 0 Å². The molecule has 0 aliphatic heterocycles. The van der Waals surface area contributed by atoms with Crippen molar-refractivity contribution in [3.8, 4) is 0 Å². The van der Waals surface area contributed by atoms with E-state index < -0.39 is 5.41 Å². The Bertz CT molecular complexity index is 268. The number of amides is 1. The molecule has 0 aromatic heterocycles. The highest BCUT2D eigenvalue weighted by molar-refractivity contribution is 6.09. The molecule has 0 atom stereocenters. The lowest BCUT2D eigenvalue weighted by atomic mass is 10.0. The lowest BCUT2D eigenvalue weighted by Gasteiger charge is -2.19. The highest BCUT2D eigenvalue weighted by atomic mass is 16.4. The van der Waals surface area contributed by atoms with E-state index in [1.54, 1.807) is 0 Å². The van der Waals surface area contributed by atoms with E-state index in [2.05, 4.69) is 10.5 Å². The number of nitrogens with two attached hydrogens (primary N) is 1. The Labute approximate surface area is 89.7 Å². The van der Waals surface area contributed by atoms with Crippen molar-refractivity contribution >= 4 is 11.7 Å². The number of hydrogen-bond donors (Lipinski definition) is 3. The minimum atomic E-state index is -0.725. The van der Waals surface area contributed by atoms with E-state index in [9.17, 15) is 4.79 Å². The van der Waals surface area contributed by atoms with Gasteiger partial charge in [-0.15, -0.1) is 0 Å². The van der Waals surface area contributed by atoms with Crippen molar-refractivity contribution in [3.05, 3.63) is 0 Å². The molecule has 15 heavy (non-hydrogen) atoms. The second-order valence-corrected chi connectivity index (χ2v) is 4.05. The van der Waals surface area contributed by atoms with Crippen LogP contribution in [0.25, 0.3) is 0 Å². The van der Waals surface area contributed by atoms with E-state index in [4.69, 9.17) is 10.9 Å². The van der Waals surface area contributed by atoms with E-state index in [1.165, 1.54) is 0 Å². The highest BCUT2D eigenvalue weighted by Gasteiger charge is 2.54. The largest absolute Gasteiger partial charge is 0.409 e. The van der Waals surface area contributed by atoms with Crippen molar-refractivity contribution in [2.75, 3.05) is 0 Å². The number of carbonyl (C=O) groups is 1. The maximum absolute atomic E-state index is 11.9. The molecule has 1 fully saturated rings. The smallest absolute Gasteiger partial charge is 0.234 e. The summed E-state index contributed by atoms with van der Waals surface area (Å²) in [5, 5.41) is 14.5. The first-order chi connectivity index (χ1) is 7.10. The van der Waals surface area contributed by atoms with Crippen molar-refractivity contribution in [1.29, 1.82) is 0 Å². The Morgan fingerprint density at radius 1 is 1.53 bits per heavy atom. The van der Waals surface area contributed by atoms with Crippen LogP contribution in [0, 0.1) is 5.41 Å². The number of hydrogen-bond acceptors (Lipinski definition) is 3. The van der Waals surface area contributed by atoms with Gasteiger partial charge in [0, 0.05) is 6.04 Å². The average molecular weight is 213 g/mol. The molecule has 5 nitrogen and oxygen atoms in total. The third-order valence-electron chi connectivity index (χ3n) is 3.10. The van der Waals surface area contributed by atoms with Crippen molar-refractivity contribution in [2.45, 2.75) is 45.6 Å². The van der Waals surface area contributed by atoms with Crippen LogP contribution < -0.4 is 11.1 Å². The summed E-state index contributed by atoms with van der Waals surface area (Å²) in [6.45, 7) is 4.05. The van der Waals surface area contributed by atoms with Crippen LogP contribution in [0.15, 0.2) is 5.16 Å². The average Bonchev–Trinajstić information content (AvgIpc) is 3.05. The zero-order chi connectivity index (χ0) is 11.5. The van der Waals surface area contributed by atoms with Crippen LogP contribution in [0.3, 0.4) is 0 Å². The molecule has 0 saturated heterocycles. The summed E-state index contributed by atoms with van der Waals surface area (Å²) in [5.74, 6) is -0.0718. The van der Waals surface area contributed by atoms with Gasteiger partial charge in [-0.3, -0.25) is 4.79 Å². The van der Waals surface area contributed by atoms with Crippen molar-refractivity contribution in [2.24, 2.45) is 16.3 Å². The Hall–Kier alpha value is -1.26. The highest BCUT2D eigenvalue weighted by Crippen LogP contribution is 2.46. The van der Waals surface area contributed by atoms with Gasteiger partial charge in [0.15, 0.2) is 5.84 Å². The van der Waals surface area contributed by atoms with Crippen molar-refractivity contribution in [3.63, 3.8) is 0 Å². The third kappa shape index (κ3) is 2.22. The quantitative estimate of drug-likeness (QED) is 0.273. The van der Waals surface area contributed by atoms with Crippen LogP contribution in [0.1, 0.15) is 39.5 Å². The van der Waals surface area contributed by atoms with Crippen LogP contribution in [0.2, 0.25) is 0 Å². The summed E-state index contributed by atoms with van der Waals surface area (Å²) in [6.07, 6.45) is 3.15. The molecular formula is C10H19N3O2. The zero-order valence-electron chi connectivity index (χ0n) is 9.29.